The lowest BCUT2D eigenvalue weighted by molar-refractivity contribution is -0.898. The monoisotopic (exact) mass is 569 g/mol. The quantitative estimate of drug-likeness (QED) is 0.344. The molecule has 3 aromatic carbocycles. The number of urea groups is 1. The van der Waals surface area contributed by atoms with Crippen molar-refractivity contribution in [1.82, 2.24) is 10.2 Å². The molecule has 2 amide bonds. The largest absolute Gasteiger partial charge is 1.00 e. The third kappa shape index (κ3) is 4.93. The highest BCUT2D eigenvalue weighted by Gasteiger charge is 2.50. The van der Waals surface area contributed by atoms with Gasteiger partial charge in [0.15, 0.2) is 0 Å². The Balaban J connectivity index is 0.00000274. The molecule has 5 rings (SSSR count). The molecule has 3 aromatic rings. The molecule has 1 unspecified atom stereocenters. The smallest absolute Gasteiger partial charge is 0.319 e. The van der Waals surface area contributed by atoms with E-state index in [4.69, 9.17) is 4.74 Å². The van der Waals surface area contributed by atoms with Crippen LogP contribution in [0.5, 0.6) is 5.75 Å². The second kappa shape index (κ2) is 10.4. The zero-order chi connectivity index (χ0) is 22.7. The zero-order valence-corrected chi connectivity index (χ0v) is 21.7. The van der Waals surface area contributed by atoms with Crippen LogP contribution in [-0.4, -0.2) is 61.3 Å². The number of halogens is 1. The van der Waals surface area contributed by atoms with Crippen LogP contribution in [0.25, 0.3) is 0 Å². The topological polar surface area (TPSA) is 41.6 Å². The van der Waals surface area contributed by atoms with Gasteiger partial charge in [0, 0.05) is 6.42 Å². The fraction of sp³-hybridized carbons (Fsp3) is 0.321. The lowest BCUT2D eigenvalue weighted by Gasteiger charge is -2.32. The molecule has 2 heterocycles. The van der Waals surface area contributed by atoms with Crippen molar-refractivity contribution >= 4 is 6.03 Å². The Bertz CT molecular complexity index is 1040. The highest BCUT2D eigenvalue weighted by Crippen LogP contribution is 2.37. The minimum Gasteiger partial charge on any atom is -1.00 e. The van der Waals surface area contributed by atoms with Crippen LogP contribution in [0.1, 0.15) is 17.5 Å². The predicted octanol–water partition coefficient (Wildman–Crippen LogP) is 1.26. The SMILES string of the molecule is C[N+]1(CCOc2ccccc2)CC[C@@H](N2CC(c3ccccc3)(c3ccccc3)NC2=O)C1.[I-]. The number of para-hydroxylation sites is 1. The van der Waals surface area contributed by atoms with Gasteiger partial charge in [0.05, 0.1) is 32.7 Å². The molecular formula is C28H32IN3O2. The summed E-state index contributed by atoms with van der Waals surface area (Å²) in [6, 6.07) is 30.9. The summed E-state index contributed by atoms with van der Waals surface area (Å²) >= 11 is 0. The van der Waals surface area contributed by atoms with Crippen LogP contribution in [0, 0.1) is 0 Å². The number of benzene rings is 3. The summed E-state index contributed by atoms with van der Waals surface area (Å²) in [6.45, 7) is 4.26. The van der Waals surface area contributed by atoms with Crippen molar-refractivity contribution in [1.29, 1.82) is 0 Å². The van der Waals surface area contributed by atoms with Crippen LogP contribution in [0.3, 0.4) is 0 Å². The summed E-state index contributed by atoms with van der Waals surface area (Å²) < 4.78 is 6.88. The third-order valence-corrected chi connectivity index (χ3v) is 7.26. The van der Waals surface area contributed by atoms with Crippen LogP contribution in [0.15, 0.2) is 91.0 Å². The van der Waals surface area contributed by atoms with E-state index in [2.05, 4.69) is 41.5 Å². The maximum absolute atomic E-state index is 13.3. The van der Waals surface area contributed by atoms with E-state index in [-0.39, 0.29) is 36.0 Å². The highest BCUT2D eigenvalue weighted by molar-refractivity contribution is 5.80. The van der Waals surface area contributed by atoms with E-state index in [9.17, 15) is 4.79 Å². The van der Waals surface area contributed by atoms with Gasteiger partial charge in [0.1, 0.15) is 24.4 Å². The molecule has 0 radical (unpaired) electrons. The molecule has 2 aliphatic rings. The fourth-order valence-corrected chi connectivity index (χ4v) is 5.37. The molecule has 178 valence electrons. The molecule has 0 saturated carbocycles. The lowest BCUT2D eigenvalue weighted by Crippen LogP contribution is -3.00. The number of rotatable bonds is 7. The second-order valence-corrected chi connectivity index (χ2v) is 9.55. The van der Waals surface area contributed by atoms with Gasteiger partial charge < -0.3 is 43.4 Å². The van der Waals surface area contributed by atoms with E-state index in [1.165, 1.54) is 0 Å². The highest BCUT2D eigenvalue weighted by atomic mass is 127. The van der Waals surface area contributed by atoms with Gasteiger partial charge in [0.2, 0.25) is 0 Å². The minimum atomic E-state index is -0.526. The summed E-state index contributed by atoms with van der Waals surface area (Å²) in [5.41, 5.74) is 1.72. The van der Waals surface area contributed by atoms with Crippen molar-refractivity contribution in [2.45, 2.75) is 18.0 Å². The number of likely N-dealkylation sites (tertiary alicyclic amines) is 1. The first kappa shape index (κ1) is 24.5. The van der Waals surface area contributed by atoms with E-state index in [1.54, 1.807) is 0 Å². The number of carbonyl (C=O) groups is 1. The molecule has 0 aromatic heterocycles. The molecule has 2 saturated heterocycles. The predicted molar refractivity (Wildman–Crippen MR) is 130 cm³/mol. The molecule has 1 N–H and O–H groups in total. The Kier molecular flexibility index (Phi) is 7.48. The minimum absolute atomic E-state index is 0. The summed E-state index contributed by atoms with van der Waals surface area (Å²) in [5, 5.41) is 3.37. The van der Waals surface area contributed by atoms with Crippen LogP contribution in [-0.2, 0) is 5.54 Å². The molecular weight excluding hydrogens is 537 g/mol. The fourth-order valence-electron chi connectivity index (χ4n) is 5.37. The van der Waals surface area contributed by atoms with Gasteiger partial charge in [0.25, 0.3) is 0 Å². The number of likely N-dealkylation sites (N-methyl/N-ethyl adjacent to an activating group) is 1. The molecule has 0 spiro atoms. The summed E-state index contributed by atoms with van der Waals surface area (Å²) in [7, 11) is 2.28. The Hall–Kier alpha value is -2.58. The maximum atomic E-state index is 13.3. The number of quaternary nitrogens is 1. The second-order valence-electron chi connectivity index (χ2n) is 9.55. The van der Waals surface area contributed by atoms with Gasteiger partial charge >= 0.3 is 6.03 Å². The zero-order valence-electron chi connectivity index (χ0n) is 19.6. The van der Waals surface area contributed by atoms with Gasteiger partial charge in [-0.05, 0) is 23.3 Å². The van der Waals surface area contributed by atoms with E-state index in [1.807, 2.05) is 66.7 Å². The van der Waals surface area contributed by atoms with Crippen molar-refractivity contribution in [3.05, 3.63) is 102 Å². The summed E-state index contributed by atoms with van der Waals surface area (Å²) in [4.78, 5) is 15.4. The van der Waals surface area contributed by atoms with Crippen LogP contribution in [0.2, 0.25) is 0 Å². The molecule has 5 nitrogen and oxygen atoms in total. The van der Waals surface area contributed by atoms with Gasteiger partial charge in [-0.25, -0.2) is 4.79 Å². The average molecular weight is 569 g/mol. The Labute approximate surface area is 219 Å². The maximum Gasteiger partial charge on any atom is 0.319 e. The number of hydrogen-bond donors (Lipinski definition) is 1. The molecule has 6 heteroatoms. The summed E-state index contributed by atoms with van der Waals surface area (Å²) in [5.74, 6) is 0.911. The lowest BCUT2D eigenvalue weighted by atomic mass is 9.83. The number of amides is 2. The van der Waals surface area contributed by atoms with E-state index < -0.39 is 5.54 Å². The summed E-state index contributed by atoms with van der Waals surface area (Å²) in [6.07, 6.45) is 1.01. The van der Waals surface area contributed by atoms with Gasteiger partial charge in [-0.2, -0.15) is 0 Å². The number of carbonyl (C=O) groups excluding carboxylic acids is 1. The van der Waals surface area contributed by atoms with Gasteiger partial charge in [-0.1, -0.05) is 78.9 Å². The molecule has 2 fully saturated rings. The van der Waals surface area contributed by atoms with E-state index >= 15 is 0 Å². The molecule has 34 heavy (non-hydrogen) atoms. The number of nitrogens with one attached hydrogen (secondary N) is 1. The van der Waals surface area contributed by atoms with E-state index in [0.717, 1.165) is 47.4 Å². The third-order valence-electron chi connectivity index (χ3n) is 7.26. The van der Waals surface area contributed by atoms with Crippen molar-refractivity contribution in [3.63, 3.8) is 0 Å². The van der Waals surface area contributed by atoms with E-state index in [0.29, 0.717) is 13.2 Å². The average Bonchev–Trinajstić information content (AvgIpc) is 3.42. The van der Waals surface area contributed by atoms with Crippen molar-refractivity contribution < 1.29 is 38.0 Å². The van der Waals surface area contributed by atoms with Crippen molar-refractivity contribution in [3.8, 4) is 5.75 Å². The molecule has 0 aliphatic carbocycles. The normalized spacial score (nSPS) is 23.3. The van der Waals surface area contributed by atoms with Gasteiger partial charge in [-0.3, -0.25) is 0 Å². The number of hydrogen-bond acceptors (Lipinski definition) is 2. The number of ether oxygens (including phenoxy) is 1. The van der Waals surface area contributed by atoms with Crippen LogP contribution in [0.4, 0.5) is 4.79 Å². The molecule has 0 bridgehead atoms. The standard InChI is InChI=1S/C28H31N3O2.HI/c1-31(19-20-33-26-15-9-4-10-16-26)18-17-25(21-31)30-22-28(29-27(30)32,23-11-5-2-6-12-23)24-13-7-3-8-14-24;/h2-16,25H,17-22H2,1H3;1H/t25-,31?;/m1./s1. The van der Waals surface area contributed by atoms with Crippen LogP contribution >= 0.6 is 0 Å². The van der Waals surface area contributed by atoms with Crippen molar-refractivity contribution in [2.75, 3.05) is 39.8 Å². The Morgan fingerprint density at radius 1 is 0.941 bits per heavy atom. The first-order valence-electron chi connectivity index (χ1n) is 11.8. The first-order valence-corrected chi connectivity index (χ1v) is 11.8. The Morgan fingerprint density at radius 2 is 1.50 bits per heavy atom. The van der Waals surface area contributed by atoms with Gasteiger partial charge in [-0.15, -0.1) is 0 Å². The number of nitrogens with zero attached hydrogens (tertiary/aromatic N) is 2. The Morgan fingerprint density at radius 3 is 2.09 bits per heavy atom. The first-order chi connectivity index (χ1) is 16.1. The molecule has 2 aliphatic heterocycles. The van der Waals surface area contributed by atoms with Crippen LogP contribution < -0.4 is 34.0 Å². The van der Waals surface area contributed by atoms with Crippen molar-refractivity contribution in [2.24, 2.45) is 0 Å². The molecule has 2 atom stereocenters.